The minimum absolute atomic E-state index is 0.0554. The lowest BCUT2D eigenvalue weighted by atomic mass is 10.1. The standard InChI is InChI=1S/C18H28N4O2/c1-14-4-2-6-17(20-14)22-11-8-15(9-12-22)21-18(23)19-10-7-16-5-3-13-24-16/h2,4,6,15-16H,3,5,7-13H2,1H3,(H2,19,21,23)/t16-/m0/s1. The van der Waals surface area contributed by atoms with Gasteiger partial charge in [-0.05, 0) is 51.2 Å². The number of carbonyl (C=O) groups is 1. The molecule has 3 heterocycles. The van der Waals surface area contributed by atoms with Crippen molar-refractivity contribution in [2.45, 2.75) is 51.2 Å². The average molecular weight is 332 g/mol. The summed E-state index contributed by atoms with van der Waals surface area (Å²) in [7, 11) is 0. The summed E-state index contributed by atoms with van der Waals surface area (Å²) in [6.45, 7) is 5.42. The fourth-order valence-electron chi connectivity index (χ4n) is 3.41. The van der Waals surface area contributed by atoms with Gasteiger partial charge in [0.2, 0.25) is 0 Å². The first-order valence-electron chi connectivity index (χ1n) is 9.05. The lowest BCUT2D eigenvalue weighted by Gasteiger charge is -2.33. The third-order valence-electron chi connectivity index (χ3n) is 4.80. The van der Waals surface area contributed by atoms with Crippen LogP contribution in [0, 0.1) is 6.92 Å². The molecule has 2 aliphatic rings. The van der Waals surface area contributed by atoms with Crippen molar-refractivity contribution in [3.8, 4) is 0 Å². The summed E-state index contributed by atoms with van der Waals surface area (Å²) in [5, 5.41) is 6.04. The van der Waals surface area contributed by atoms with Gasteiger partial charge in [-0.15, -0.1) is 0 Å². The van der Waals surface area contributed by atoms with Crippen LogP contribution in [0.15, 0.2) is 18.2 Å². The topological polar surface area (TPSA) is 66.5 Å². The number of nitrogens with one attached hydrogen (secondary N) is 2. The van der Waals surface area contributed by atoms with Crippen LogP contribution in [0.2, 0.25) is 0 Å². The molecule has 0 unspecified atom stereocenters. The lowest BCUT2D eigenvalue weighted by Crippen LogP contribution is -2.48. The molecule has 0 bridgehead atoms. The summed E-state index contributed by atoms with van der Waals surface area (Å²) >= 11 is 0. The maximum Gasteiger partial charge on any atom is 0.315 e. The van der Waals surface area contributed by atoms with E-state index < -0.39 is 0 Å². The molecule has 1 aromatic rings. The Morgan fingerprint density at radius 1 is 1.33 bits per heavy atom. The first-order valence-corrected chi connectivity index (χ1v) is 9.05. The van der Waals surface area contributed by atoms with Crippen molar-refractivity contribution in [3.63, 3.8) is 0 Å². The van der Waals surface area contributed by atoms with Crippen LogP contribution < -0.4 is 15.5 Å². The highest BCUT2D eigenvalue weighted by Crippen LogP contribution is 2.18. The van der Waals surface area contributed by atoms with Gasteiger partial charge in [0.25, 0.3) is 0 Å². The average Bonchev–Trinajstić information content (AvgIpc) is 3.09. The predicted octanol–water partition coefficient (Wildman–Crippen LogP) is 2.23. The number of urea groups is 1. The van der Waals surface area contributed by atoms with E-state index >= 15 is 0 Å². The van der Waals surface area contributed by atoms with E-state index in [9.17, 15) is 4.79 Å². The van der Waals surface area contributed by atoms with Gasteiger partial charge in [-0.25, -0.2) is 9.78 Å². The van der Waals surface area contributed by atoms with E-state index in [0.29, 0.717) is 12.6 Å². The second kappa shape index (κ2) is 8.33. The summed E-state index contributed by atoms with van der Waals surface area (Å²) in [5.74, 6) is 1.04. The zero-order chi connectivity index (χ0) is 16.8. The Kier molecular flexibility index (Phi) is 5.91. The number of amides is 2. The summed E-state index contributed by atoms with van der Waals surface area (Å²) in [4.78, 5) is 18.9. The number of carbonyl (C=O) groups excluding carboxylic acids is 1. The molecule has 6 heteroatoms. The zero-order valence-electron chi connectivity index (χ0n) is 14.5. The number of nitrogens with zero attached hydrogens (tertiary/aromatic N) is 2. The summed E-state index contributed by atoms with van der Waals surface area (Å²) < 4.78 is 5.56. The third kappa shape index (κ3) is 4.84. The highest BCUT2D eigenvalue weighted by atomic mass is 16.5. The SMILES string of the molecule is Cc1cccc(N2CCC(NC(=O)NCC[C@@H]3CCCO3)CC2)n1. The number of hydrogen-bond donors (Lipinski definition) is 2. The molecule has 1 atom stereocenters. The number of ether oxygens (including phenoxy) is 1. The fourth-order valence-corrected chi connectivity index (χ4v) is 3.41. The van der Waals surface area contributed by atoms with Gasteiger partial charge >= 0.3 is 6.03 Å². The van der Waals surface area contributed by atoms with E-state index in [4.69, 9.17) is 4.74 Å². The lowest BCUT2D eigenvalue weighted by molar-refractivity contribution is 0.104. The molecule has 0 saturated carbocycles. The second-order valence-electron chi connectivity index (χ2n) is 6.72. The molecule has 6 nitrogen and oxygen atoms in total. The van der Waals surface area contributed by atoms with Gasteiger partial charge in [0.1, 0.15) is 5.82 Å². The number of pyridine rings is 1. The molecule has 2 amide bonds. The van der Waals surface area contributed by atoms with Crippen molar-refractivity contribution < 1.29 is 9.53 Å². The maximum atomic E-state index is 12.0. The molecular formula is C18H28N4O2. The van der Waals surface area contributed by atoms with Gasteiger partial charge in [-0.3, -0.25) is 0 Å². The number of aromatic nitrogens is 1. The third-order valence-corrected chi connectivity index (χ3v) is 4.80. The highest BCUT2D eigenvalue weighted by molar-refractivity contribution is 5.74. The Morgan fingerprint density at radius 3 is 2.88 bits per heavy atom. The van der Waals surface area contributed by atoms with Crippen LogP contribution >= 0.6 is 0 Å². The molecular weight excluding hydrogens is 304 g/mol. The first-order chi connectivity index (χ1) is 11.7. The molecule has 0 spiro atoms. The van der Waals surface area contributed by atoms with E-state index in [0.717, 1.165) is 63.3 Å². The fraction of sp³-hybridized carbons (Fsp3) is 0.667. The molecule has 2 N–H and O–H groups in total. The Balaban J connectivity index is 1.35. The van der Waals surface area contributed by atoms with Crippen LogP contribution in [0.5, 0.6) is 0 Å². The molecule has 2 aliphatic heterocycles. The molecule has 2 saturated heterocycles. The van der Waals surface area contributed by atoms with Crippen LogP contribution in [-0.4, -0.2) is 49.4 Å². The molecule has 0 aromatic carbocycles. The summed E-state index contributed by atoms with van der Waals surface area (Å²) in [6.07, 6.45) is 5.41. The normalized spacial score (nSPS) is 21.7. The number of piperidine rings is 1. The Labute approximate surface area is 144 Å². The Bertz CT molecular complexity index is 538. The van der Waals surface area contributed by atoms with Gasteiger partial charge in [-0.2, -0.15) is 0 Å². The van der Waals surface area contributed by atoms with Crippen molar-refractivity contribution >= 4 is 11.8 Å². The first kappa shape index (κ1) is 17.0. The quantitative estimate of drug-likeness (QED) is 0.868. The van der Waals surface area contributed by atoms with Crippen LogP contribution in [0.25, 0.3) is 0 Å². The van der Waals surface area contributed by atoms with Crippen LogP contribution in [-0.2, 0) is 4.74 Å². The minimum atomic E-state index is -0.0554. The van der Waals surface area contributed by atoms with Gasteiger partial charge < -0.3 is 20.3 Å². The number of hydrogen-bond acceptors (Lipinski definition) is 4. The van der Waals surface area contributed by atoms with E-state index in [1.807, 2.05) is 19.1 Å². The Hall–Kier alpha value is -1.82. The summed E-state index contributed by atoms with van der Waals surface area (Å²) in [5.41, 5.74) is 1.04. The highest BCUT2D eigenvalue weighted by Gasteiger charge is 2.21. The van der Waals surface area contributed by atoms with Crippen molar-refractivity contribution in [1.82, 2.24) is 15.6 Å². The van der Waals surface area contributed by atoms with E-state index in [1.165, 1.54) is 0 Å². The van der Waals surface area contributed by atoms with E-state index in [2.05, 4.69) is 26.6 Å². The van der Waals surface area contributed by atoms with Crippen molar-refractivity contribution in [2.75, 3.05) is 31.1 Å². The maximum absolute atomic E-state index is 12.0. The zero-order valence-corrected chi connectivity index (χ0v) is 14.5. The number of aryl methyl sites for hydroxylation is 1. The van der Waals surface area contributed by atoms with Gasteiger partial charge in [0.15, 0.2) is 0 Å². The molecule has 132 valence electrons. The van der Waals surface area contributed by atoms with Crippen molar-refractivity contribution in [2.24, 2.45) is 0 Å². The van der Waals surface area contributed by atoms with Crippen molar-refractivity contribution in [3.05, 3.63) is 23.9 Å². The molecule has 0 radical (unpaired) electrons. The van der Waals surface area contributed by atoms with Gasteiger partial charge in [-0.1, -0.05) is 6.07 Å². The van der Waals surface area contributed by atoms with E-state index in [1.54, 1.807) is 0 Å². The van der Waals surface area contributed by atoms with Crippen molar-refractivity contribution in [1.29, 1.82) is 0 Å². The van der Waals surface area contributed by atoms with Gasteiger partial charge in [0.05, 0.1) is 6.10 Å². The number of rotatable bonds is 5. The molecule has 2 fully saturated rings. The largest absolute Gasteiger partial charge is 0.378 e. The molecule has 24 heavy (non-hydrogen) atoms. The van der Waals surface area contributed by atoms with Crippen LogP contribution in [0.3, 0.4) is 0 Å². The van der Waals surface area contributed by atoms with Gasteiger partial charge in [0, 0.05) is 38.0 Å². The molecule has 3 rings (SSSR count). The Morgan fingerprint density at radius 2 is 2.17 bits per heavy atom. The predicted molar refractivity (Wildman–Crippen MR) is 94.3 cm³/mol. The minimum Gasteiger partial charge on any atom is -0.378 e. The smallest absolute Gasteiger partial charge is 0.315 e. The van der Waals surface area contributed by atoms with Crippen LogP contribution in [0.1, 0.15) is 37.8 Å². The molecule has 0 aliphatic carbocycles. The number of anilines is 1. The summed E-state index contributed by atoms with van der Waals surface area (Å²) in [6, 6.07) is 6.30. The second-order valence-corrected chi connectivity index (χ2v) is 6.72. The monoisotopic (exact) mass is 332 g/mol. The molecule has 1 aromatic heterocycles. The van der Waals surface area contributed by atoms with E-state index in [-0.39, 0.29) is 12.1 Å². The van der Waals surface area contributed by atoms with Crippen LogP contribution in [0.4, 0.5) is 10.6 Å².